The van der Waals surface area contributed by atoms with E-state index in [2.05, 4.69) is 94.7 Å². The predicted molar refractivity (Wildman–Crippen MR) is 220 cm³/mol. The van der Waals surface area contributed by atoms with Gasteiger partial charge in [0.1, 0.15) is 0 Å². The van der Waals surface area contributed by atoms with Crippen LogP contribution in [0.3, 0.4) is 0 Å². The minimum atomic E-state index is -4.23. The Morgan fingerprint density at radius 3 is 0.965 bits per heavy atom. The maximum Gasteiger partial charge on any atom is 0.389 e. The zero-order valence-electron chi connectivity index (χ0n) is 31.7. The van der Waals surface area contributed by atoms with Crippen LogP contribution in [0.1, 0.15) is 75.3 Å². The van der Waals surface area contributed by atoms with Gasteiger partial charge in [-0.25, -0.2) is 0 Å². The molecule has 0 unspecified atom stereocenters. The monoisotopic (exact) mass is 776 g/mol. The number of para-hydroxylation sites is 4. The number of anilines is 6. The Balaban J connectivity index is 1.38. The topological polar surface area (TPSA) is 6.48 Å². The standard InChI is InChI=1S/C49H46F6N2/c50-48(51,52)33-17-5-15-31-47(32-16-6-18-34-49(53,54)55)45-35-41(56(37-19-7-1-8-20-37)38-21-9-2-10-22-38)27-29-43(45)44-30-28-42(36-46(44)47)57(39-23-11-3-12-24-39)40-25-13-4-14-26-40/h1-4,7-14,19-30,35-36H,5-6,15-18,31-34H2. The summed E-state index contributed by atoms with van der Waals surface area (Å²) >= 11 is 0. The van der Waals surface area contributed by atoms with Gasteiger partial charge in [0.25, 0.3) is 0 Å². The lowest BCUT2D eigenvalue weighted by molar-refractivity contribution is -0.136. The second kappa shape index (κ2) is 17.3. The summed E-state index contributed by atoms with van der Waals surface area (Å²) in [6.07, 6.45) is -7.13. The quantitative estimate of drug-likeness (QED) is 0.0713. The van der Waals surface area contributed by atoms with Crippen molar-refractivity contribution < 1.29 is 26.3 Å². The van der Waals surface area contributed by atoms with E-state index in [4.69, 9.17) is 0 Å². The number of nitrogens with zero attached hydrogens (tertiary/aromatic N) is 2. The smallest absolute Gasteiger partial charge is 0.310 e. The van der Waals surface area contributed by atoms with Crippen LogP contribution in [0.15, 0.2) is 158 Å². The van der Waals surface area contributed by atoms with E-state index in [9.17, 15) is 26.3 Å². The number of halogens is 6. The van der Waals surface area contributed by atoms with Crippen LogP contribution < -0.4 is 9.80 Å². The van der Waals surface area contributed by atoms with Gasteiger partial charge in [0, 0.05) is 52.4 Å². The molecule has 0 atom stereocenters. The van der Waals surface area contributed by atoms with Crippen LogP contribution in [0.25, 0.3) is 11.1 Å². The van der Waals surface area contributed by atoms with Crippen molar-refractivity contribution in [2.45, 2.75) is 82.0 Å². The second-order valence-corrected chi connectivity index (χ2v) is 14.9. The lowest BCUT2D eigenvalue weighted by Crippen LogP contribution is -2.26. The molecular formula is C49H46F6N2. The molecule has 0 bridgehead atoms. The molecule has 0 heterocycles. The summed E-state index contributed by atoms with van der Waals surface area (Å²) in [6, 6.07) is 53.2. The highest BCUT2D eigenvalue weighted by atomic mass is 19.4. The van der Waals surface area contributed by atoms with Crippen LogP contribution in [-0.4, -0.2) is 12.4 Å². The number of alkyl halides is 6. The van der Waals surface area contributed by atoms with Crippen LogP contribution >= 0.6 is 0 Å². The van der Waals surface area contributed by atoms with E-state index in [-0.39, 0.29) is 12.8 Å². The van der Waals surface area contributed by atoms with Gasteiger partial charge in [-0.3, -0.25) is 0 Å². The second-order valence-electron chi connectivity index (χ2n) is 14.9. The molecule has 57 heavy (non-hydrogen) atoms. The molecule has 0 aliphatic heterocycles. The third kappa shape index (κ3) is 9.39. The van der Waals surface area contributed by atoms with Crippen molar-refractivity contribution >= 4 is 34.1 Å². The summed E-state index contributed by atoms with van der Waals surface area (Å²) in [5.41, 5.74) is 9.24. The Morgan fingerprint density at radius 1 is 0.351 bits per heavy atom. The summed E-state index contributed by atoms with van der Waals surface area (Å²) < 4.78 is 79.7. The molecular weight excluding hydrogens is 731 g/mol. The molecule has 1 aliphatic carbocycles. The third-order valence-electron chi connectivity index (χ3n) is 11.0. The normalized spacial score (nSPS) is 13.2. The van der Waals surface area contributed by atoms with E-state index in [1.165, 1.54) is 0 Å². The predicted octanol–water partition coefficient (Wildman–Crippen LogP) is 15.9. The van der Waals surface area contributed by atoms with Crippen molar-refractivity contribution in [1.82, 2.24) is 0 Å². The van der Waals surface area contributed by atoms with Crippen LogP contribution in [0.5, 0.6) is 0 Å². The van der Waals surface area contributed by atoms with E-state index in [1.54, 1.807) is 0 Å². The highest BCUT2D eigenvalue weighted by molar-refractivity contribution is 5.88. The van der Waals surface area contributed by atoms with Gasteiger partial charge in [0.05, 0.1) is 0 Å². The largest absolute Gasteiger partial charge is 0.389 e. The summed E-state index contributed by atoms with van der Waals surface area (Å²) in [4.78, 5) is 4.39. The number of rotatable bonds is 16. The highest BCUT2D eigenvalue weighted by Gasteiger charge is 2.43. The maximum absolute atomic E-state index is 13.3. The molecule has 0 saturated carbocycles. The maximum atomic E-state index is 13.3. The fraction of sp³-hybridized carbons (Fsp3) is 0.265. The fourth-order valence-corrected chi connectivity index (χ4v) is 8.47. The molecule has 1 aliphatic rings. The minimum Gasteiger partial charge on any atom is -0.310 e. The summed E-state index contributed by atoms with van der Waals surface area (Å²) in [6.45, 7) is 0. The molecule has 0 aromatic heterocycles. The zero-order valence-corrected chi connectivity index (χ0v) is 31.7. The first-order chi connectivity index (χ1) is 27.5. The number of unbranched alkanes of at least 4 members (excludes halogenated alkanes) is 4. The molecule has 6 aromatic carbocycles. The first-order valence-electron chi connectivity index (χ1n) is 19.8. The molecule has 2 nitrogen and oxygen atoms in total. The number of hydrogen-bond acceptors (Lipinski definition) is 2. The molecule has 0 amide bonds. The van der Waals surface area contributed by atoms with Gasteiger partial charge in [-0.2, -0.15) is 26.3 Å². The van der Waals surface area contributed by atoms with Gasteiger partial charge in [-0.15, -0.1) is 0 Å². The van der Waals surface area contributed by atoms with Gasteiger partial charge in [-0.1, -0.05) is 111 Å². The van der Waals surface area contributed by atoms with Crippen molar-refractivity contribution in [1.29, 1.82) is 0 Å². The molecule has 0 spiro atoms. The van der Waals surface area contributed by atoms with Gasteiger partial charge < -0.3 is 9.80 Å². The summed E-state index contributed by atoms with van der Waals surface area (Å²) in [7, 11) is 0. The molecule has 6 aromatic rings. The average Bonchev–Trinajstić information content (AvgIpc) is 3.47. The van der Waals surface area contributed by atoms with E-state index >= 15 is 0 Å². The van der Waals surface area contributed by atoms with Crippen molar-refractivity contribution in [3.63, 3.8) is 0 Å². The van der Waals surface area contributed by atoms with Crippen molar-refractivity contribution in [3.05, 3.63) is 169 Å². The van der Waals surface area contributed by atoms with Crippen molar-refractivity contribution in [3.8, 4) is 11.1 Å². The Labute approximate surface area is 331 Å². The molecule has 0 N–H and O–H groups in total. The molecule has 0 fully saturated rings. The van der Waals surface area contributed by atoms with Crippen molar-refractivity contribution in [2.75, 3.05) is 9.80 Å². The van der Waals surface area contributed by atoms with Gasteiger partial charge in [-0.05, 0) is 121 Å². The lowest BCUT2D eigenvalue weighted by Gasteiger charge is -2.35. The van der Waals surface area contributed by atoms with E-state index in [1.807, 2.05) is 72.8 Å². The Hall–Kier alpha value is -5.50. The van der Waals surface area contributed by atoms with Gasteiger partial charge in [0.2, 0.25) is 0 Å². The fourth-order valence-electron chi connectivity index (χ4n) is 8.47. The van der Waals surface area contributed by atoms with E-state index < -0.39 is 30.6 Å². The molecule has 7 rings (SSSR count). The van der Waals surface area contributed by atoms with Gasteiger partial charge in [0.15, 0.2) is 0 Å². The minimum absolute atomic E-state index is 0.0243. The Bertz CT molecular complexity index is 1950. The first-order valence-corrected chi connectivity index (χ1v) is 19.8. The first kappa shape index (κ1) is 39.7. The average molecular weight is 777 g/mol. The highest BCUT2D eigenvalue weighted by Crippen LogP contribution is 2.57. The zero-order chi connectivity index (χ0) is 39.9. The van der Waals surface area contributed by atoms with Crippen LogP contribution in [-0.2, 0) is 5.41 Å². The number of hydrogen-bond donors (Lipinski definition) is 0. The molecule has 294 valence electrons. The Morgan fingerprint density at radius 2 is 0.667 bits per heavy atom. The van der Waals surface area contributed by atoms with Crippen molar-refractivity contribution in [2.24, 2.45) is 0 Å². The van der Waals surface area contributed by atoms with Crippen LogP contribution in [0.2, 0.25) is 0 Å². The molecule has 0 radical (unpaired) electrons. The Kier molecular flexibility index (Phi) is 12.1. The van der Waals surface area contributed by atoms with Crippen LogP contribution in [0.4, 0.5) is 60.5 Å². The third-order valence-corrected chi connectivity index (χ3v) is 11.0. The van der Waals surface area contributed by atoms with E-state index in [0.29, 0.717) is 38.5 Å². The van der Waals surface area contributed by atoms with Crippen LogP contribution in [0, 0.1) is 0 Å². The van der Waals surface area contributed by atoms with E-state index in [0.717, 1.165) is 56.4 Å². The summed E-state index contributed by atoms with van der Waals surface area (Å²) in [5.74, 6) is 0. The lowest BCUT2D eigenvalue weighted by atomic mass is 9.70. The molecule has 8 heteroatoms. The van der Waals surface area contributed by atoms with Gasteiger partial charge >= 0.3 is 12.4 Å². The molecule has 0 saturated heterocycles. The number of fused-ring (bicyclic) bond motifs is 3. The number of benzene rings is 6. The summed E-state index contributed by atoms with van der Waals surface area (Å²) in [5, 5.41) is 0. The SMILES string of the molecule is FC(F)(F)CCCCCC1(CCCCCC(F)(F)F)c2cc(N(c3ccccc3)c3ccccc3)ccc2-c2ccc(N(c3ccccc3)c3ccccc3)cc21.